The van der Waals surface area contributed by atoms with E-state index < -0.39 is 46.1 Å². The van der Waals surface area contributed by atoms with Gasteiger partial charge in [0.1, 0.15) is 15.9 Å². The fourth-order valence-corrected chi connectivity index (χ4v) is 7.18. The second-order valence-corrected chi connectivity index (χ2v) is 13.2. The fraction of sp³-hybridized carbons (Fsp3) is 0.400. The van der Waals surface area contributed by atoms with Crippen LogP contribution in [0.4, 0.5) is 8.78 Å². The van der Waals surface area contributed by atoms with Crippen molar-refractivity contribution in [2.75, 3.05) is 19.8 Å². The molecule has 10 nitrogen and oxygen atoms in total. The Morgan fingerprint density at radius 1 is 1.19 bits per heavy atom. The maximum atomic E-state index is 13.8. The molecule has 0 radical (unpaired) electrons. The number of aromatic nitrogens is 4. The Morgan fingerprint density at radius 3 is 2.63 bits per heavy atom. The molecular formula is C30H31F2N5O5S. The van der Waals surface area contributed by atoms with Crippen LogP contribution in [0.1, 0.15) is 59.8 Å². The lowest BCUT2D eigenvalue weighted by atomic mass is 9.70. The number of ether oxygens (including phenoxy) is 2. The zero-order valence-corrected chi connectivity index (χ0v) is 24.9. The van der Waals surface area contributed by atoms with Gasteiger partial charge in [-0.15, -0.1) is 10.2 Å². The lowest BCUT2D eigenvalue weighted by molar-refractivity contribution is -0.166. The Labute approximate surface area is 249 Å². The van der Waals surface area contributed by atoms with Gasteiger partial charge in [0.2, 0.25) is 11.7 Å². The van der Waals surface area contributed by atoms with Crippen molar-refractivity contribution in [2.45, 2.75) is 57.1 Å². The maximum Gasteiger partial charge on any atom is 0.310 e. The van der Waals surface area contributed by atoms with E-state index in [1.165, 1.54) is 10.6 Å². The number of aliphatic carboxylic acids is 1. The Balaban J connectivity index is 1.43. The van der Waals surface area contributed by atoms with Gasteiger partial charge in [0.25, 0.3) is 6.43 Å². The van der Waals surface area contributed by atoms with E-state index in [0.29, 0.717) is 48.2 Å². The SMILES string of the molecule is Cc1ccc(C(c2ccn3c(C(F)F)nnc3c2C)C(C)(C)C(=O)O)cc1CN1CC2(COC2)Oc2ncccc2S1=O. The van der Waals surface area contributed by atoms with Gasteiger partial charge in [0.15, 0.2) is 11.2 Å². The zero-order valence-electron chi connectivity index (χ0n) is 24.1. The van der Waals surface area contributed by atoms with Gasteiger partial charge < -0.3 is 14.6 Å². The van der Waals surface area contributed by atoms with Gasteiger partial charge in [-0.1, -0.05) is 18.2 Å². The van der Waals surface area contributed by atoms with Crippen LogP contribution in [0.25, 0.3) is 5.65 Å². The lowest BCUT2D eigenvalue weighted by Gasteiger charge is -2.41. The number of nitrogens with zero attached hydrogens (tertiary/aromatic N) is 5. The highest BCUT2D eigenvalue weighted by atomic mass is 32.2. The summed E-state index contributed by atoms with van der Waals surface area (Å²) in [6.45, 7) is 8.31. The first kappa shape index (κ1) is 29.3. The average Bonchev–Trinajstić information content (AvgIpc) is 3.34. The molecule has 1 N–H and O–H groups in total. The van der Waals surface area contributed by atoms with Crippen LogP contribution in [-0.2, 0) is 27.1 Å². The third-order valence-electron chi connectivity index (χ3n) is 8.39. The molecule has 2 aliphatic heterocycles. The van der Waals surface area contributed by atoms with Crippen molar-refractivity contribution < 1.29 is 32.4 Å². The van der Waals surface area contributed by atoms with Crippen LogP contribution in [-0.4, -0.2) is 64.5 Å². The van der Waals surface area contributed by atoms with Crippen LogP contribution in [0.5, 0.6) is 5.88 Å². The zero-order chi connectivity index (χ0) is 30.7. The molecule has 5 heterocycles. The molecule has 3 aromatic heterocycles. The number of carbonyl (C=O) groups is 1. The highest BCUT2D eigenvalue weighted by Gasteiger charge is 2.47. The summed E-state index contributed by atoms with van der Waals surface area (Å²) in [5, 5.41) is 18.0. The Hall–Kier alpha value is -3.81. The summed E-state index contributed by atoms with van der Waals surface area (Å²) in [7, 11) is -1.58. The van der Waals surface area contributed by atoms with Gasteiger partial charge >= 0.3 is 5.97 Å². The Bertz CT molecular complexity index is 1760. The molecule has 1 aromatic carbocycles. The minimum absolute atomic E-state index is 0.242. The van der Waals surface area contributed by atoms with Crippen LogP contribution in [0.2, 0.25) is 0 Å². The van der Waals surface area contributed by atoms with Crippen LogP contribution in [0.15, 0.2) is 53.7 Å². The standard InChI is InChI=1S/C30H31F2N5O5S/c1-17-7-8-19(12-20(17)13-36-14-30(15-41-16-30)42-27-22(43(36)40)6-5-10-33-27)23(29(3,4)28(38)39)21-9-11-37-25(18(21)2)34-35-26(37)24(31)32/h5-12,23-24H,13-16H2,1-4H3,(H,38,39). The molecule has 0 bridgehead atoms. The average molecular weight is 612 g/mol. The molecule has 0 aliphatic carbocycles. The predicted octanol–water partition coefficient (Wildman–Crippen LogP) is 4.61. The van der Waals surface area contributed by atoms with E-state index >= 15 is 0 Å². The molecule has 2 atom stereocenters. The number of benzene rings is 1. The van der Waals surface area contributed by atoms with Gasteiger partial charge in [-0.25, -0.2) is 22.3 Å². The van der Waals surface area contributed by atoms with Crippen molar-refractivity contribution in [3.8, 4) is 5.88 Å². The molecule has 1 fully saturated rings. The van der Waals surface area contributed by atoms with Gasteiger partial charge in [-0.05, 0) is 73.7 Å². The van der Waals surface area contributed by atoms with Gasteiger partial charge in [-0.2, -0.15) is 0 Å². The van der Waals surface area contributed by atoms with E-state index in [9.17, 15) is 22.9 Å². The summed E-state index contributed by atoms with van der Waals surface area (Å²) in [6.07, 6.45) is 0.254. The van der Waals surface area contributed by atoms with Crippen molar-refractivity contribution >= 4 is 22.6 Å². The highest BCUT2D eigenvalue weighted by Crippen LogP contribution is 2.44. The fourth-order valence-electron chi connectivity index (χ4n) is 5.85. The first-order chi connectivity index (χ1) is 20.4. The van der Waals surface area contributed by atoms with E-state index in [2.05, 4.69) is 15.2 Å². The van der Waals surface area contributed by atoms with E-state index in [0.717, 1.165) is 16.7 Å². The monoisotopic (exact) mass is 611 g/mol. The molecule has 2 aliphatic rings. The number of aryl methyl sites for hydroxylation is 2. The van der Waals surface area contributed by atoms with Crippen molar-refractivity contribution in [3.05, 3.63) is 82.4 Å². The highest BCUT2D eigenvalue weighted by molar-refractivity contribution is 7.82. The number of hydrogen-bond acceptors (Lipinski definition) is 7. The first-order valence-corrected chi connectivity index (χ1v) is 14.9. The molecule has 43 heavy (non-hydrogen) atoms. The minimum Gasteiger partial charge on any atom is -0.481 e. The third-order valence-corrected chi connectivity index (χ3v) is 9.81. The molecule has 13 heteroatoms. The minimum atomic E-state index is -2.81. The summed E-state index contributed by atoms with van der Waals surface area (Å²) < 4.78 is 55.6. The third kappa shape index (κ3) is 4.98. The van der Waals surface area contributed by atoms with E-state index in [-0.39, 0.29) is 5.65 Å². The largest absolute Gasteiger partial charge is 0.481 e. The Morgan fingerprint density at radius 2 is 1.95 bits per heavy atom. The molecular weight excluding hydrogens is 580 g/mol. The molecule has 1 saturated heterocycles. The molecule has 4 aromatic rings. The van der Waals surface area contributed by atoms with Gasteiger partial charge in [0, 0.05) is 24.9 Å². The normalized spacial score (nSPS) is 19.1. The van der Waals surface area contributed by atoms with Gasteiger partial charge in [0.05, 0.1) is 25.2 Å². The number of rotatable bonds is 7. The topological polar surface area (TPSA) is 119 Å². The summed E-state index contributed by atoms with van der Waals surface area (Å²) in [6, 6.07) is 10.9. The van der Waals surface area contributed by atoms with Crippen molar-refractivity contribution in [1.82, 2.24) is 23.9 Å². The number of carboxylic acid groups (broad SMARTS) is 1. The Kier molecular flexibility index (Phi) is 7.30. The first-order valence-electron chi connectivity index (χ1n) is 13.8. The smallest absolute Gasteiger partial charge is 0.310 e. The molecule has 6 rings (SSSR count). The van der Waals surface area contributed by atoms with Crippen LogP contribution in [0, 0.1) is 19.3 Å². The maximum absolute atomic E-state index is 13.8. The quantitative estimate of drug-likeness (QED) is 0.322. The van der Waals surface area contributed by atoms with E-state index in [4.69, 9.17) is 9.47 Å². The summed E-state index contributed by atoms with van der Waals surface area (Å²) in [5.41, 5.74) is 2.00. The molecule has 0 saturated carbocycles. The lowest BCUT2D eigenvalue weighted by Crippen LogP contribution is -2.60. The number of fused-ring (bicyclic) bond motifs is 2. The molecule has 2 unspecified atom stereocenters. The second-order valence-electron chi connectivity index (χ2n) is 11.7. The van der Waals surface area contributed by atoms with E-state index in [1.807, 2.05) is 29.4 Å². The number of hydrogen-bond donors (Lipinski definition) is 1. The summed E-state index contributed by atoms with van der Waals surface area (Å²) in [5.74, 6) is -1.84. The number of halogens is 2. The van der Waals surface area contributed by atoms with Crippen LogP contribution in [0.3, 0.4) is 0 Å². The predicted molar refractivity (Wildman–Crippen MR) is 152 cm³/mol. The summed E-state index contributed by atoms with van der Waals surface area (Å²) in [4.78, 5) is 17.4. The second kappa shape index (κ2) is 10.7. The van der Waals surface area contributed by atoms with Crippen molar-refractivity contribution in [3.63, 3.8) is 0 Å². The van der Waals surface area contributed by atoms with Gasteiger partial charge in [-0.3, -0.25) is 9.20 Å². The van der Waals surface area contributed by atoms with Crippen LogP contribution >= 0.6 is 0 Å². The summed E-state index contributed by atoms with van der Waals surface area (Å²) >= 11 is 0. The molecule has 226 valence electrons. The van der Waals surface area contributed by atoms with Crippen molar-refractivity contribution in [1.29, 1.82) is 0 Å². The number of pyridine rings is 2. The van der Waals surface area contributed by atoms with E-state index in [1.54, 1.807) is 45.2 Å². The van der Waals surface area contributed by atoms with Crippen molar-refractivity contribution in [2.24, 2.45) is 5.41 Å². The molecule has 0 amide bonds. The number of alkyl halides is 2. The number of carboxylic acids is 1. The van der Waals surface area contributed by atoms with Crippen LogP contribution < -0.4 is 4.74 Å². The molecule has 1 spiro atoms.